The zero-order chi connectivity index (χ0) is 15.4. The molecular weight excluding hydrogens is 354 g/mol. The Bertz CT molecular complexity index is 643. The molecule has 21 heavy (non-hydrogen) atoms. The van der Waals surface area contributed by atoms with Crippen LogP contribution in [-0.2, 0) is 0 Å². The number of ketones is 1. The van der Waals surface area contributed by atoms with E-state index in [1.54, 1.807) is 25.3 Å². The summed E-state index contributed by atoms with van der Waals surface area (Å²) in [5.41, 5.74) is 0.615. The van der Waals surface area contributed by atoms with Gasteiger partial charge in [0.1, 0.15) is 10.8 Å². The van der Waals surface area contributed by atoms with Crippen LogP contribution in [0.5, 0.6) is 5.75 Å². The summed E-state index contributed by atoms with van der Waals surface area (Å²) in [6, 6.07) is 5.26. The van der Waals surface area contributed by atoms with E-state index in [0.29, 0.717) is 22.4 Å². The van der Waals surface area contributed by atoms with E-state index in [4.69, 9.17) is 4.74 Å². The highest BCUT2D eigenvalue weighted by atomic mass is 79.9. The molecule has 0 bridgehead atoms. The first-order valence-corrected chi connectivity index (χ1v) is 8.06. The SMILES string of the molecule is COc1ccc(C(=O)CNc2nnc(C(C)C)s2)cc1Br. The fraction of sp³-hybridized carbons (Fsp3) is 0.357. The average molecular weight is 370 g/mol. The van der Waals surface area contributed by atoms with Crippen molar-refractivity contribution < 1.29 is 9.53 Å². The van der Waals surface area contributed by atoms with E-state index >= 15 is 0 Å². The van der Waals surface area contributed by atoms with E-state index in [1.165, 1.54) is 11.3 Å². The van der Waals surface area contributed by atoms with Crippen molar-refractivity contribution in [3.05, 3.63) is 33.2 Å². The van der Waals surface area contributed by atoms with E-state index in [2.05, 4.69) is 45.3 Å². The number of halogens is 1. The maximum absolute atomic E-state index is 12.1. The molecule has 7 heteroatoms. The third-order valence-electron chi connectivity index (χ3n) is 2.81. The maximum atomic E-state index is 12.1. The maximum Gasteiger partial charge on any atom is 0.206 e. The Kier molecular flexibility index (Phi) is 5.30. The molecule has 0 amide bonds. The van der Waals surface area contributed by atoms with Crippen LogP contribution in [0, 0.1) is 0 Å². The molecule has 0 spiro atoms. The topological polar surface area (TPSA) is 64.1 Å². The van der Waals surface area contributed by atoms with Crippen LogP contribution >= 0.6 is 27.3 Å². The van der Waals surface area contributed by atoms with Crippen LogP contribution in [0.4, 0.5) is 5.13 Å². The van der Waals surface area contributed by atoms with Crippen LogP contribution in [0.1, 0.15) is 35.1 Å². The largest absolute Gasteiger partial charge is 0.496 e. The normalized spacial score (nSPS) is 10.7. The quantitative estimate of drug-likeness (QED) is 0.785. The molecule has 1 N–H and O–H groups in total. The van der Waals surface area contributed by atoms with Crippen LogP contribution in [-0.4, -0.2) is 29.6 Å². The van der Waals surface area contributed by atoms with Crippen molar-refractivity contribution in [3.63, 3.8) is 0 Å². The zero-order valence-corrected chi connectivity index (χ0v) is 14.4. The summed E-state index contributed by atoms with van der Waals surface area (Å²) in [6.45, 7) is 4.31. The lowest BCUT2D eigenvalue weighted by atomic mass is 10.1. The van der Waals surface area contributed by atoms with E-state index in [-0.39, 0.29) is 12.3 Å². The molecule has 2 rings (SSSR count). The first-order chi connectivity index (χ1) is 10.0. The standard InChI is InChI=1S/C14H16BrN3O2S/c1-8(2)13-17-18-14(21-13)16-7-11(19)9-4-5-12(20-3)10(15)6-9/h4-6,8H,7H2,1-3H3,(H,16,18). The fourth-order valence-electron chi connectivity index (χ4n) is 1.64. The molecule has 1 aromatic heterocycles. The summed E-state index contributed by atoms with van der Waals surface area (Å²) >= 11 is 4.85. The van der Waals surface area contributed by atoms with Gasteiger partial charge in [-0.1, -0.05) is 25.2 Å². The Labute approximate surface area is 135 Å². The molecule has 0 atom stereocenters. The number of aromatic nitrogens is 2. The van der Waals surface area contributed by atoms with Crippen molar-refractivity contribution in [1.82, 2.24) is 10.2 Å². The van der Waals surface area contributed by atoms with Gasteiger partial charge in [-0.3, -0.25) is 4.79 Å². The second-order valence-electron chi connectivity index (χ2n) is 4.73. The van der Waals surface area contributed by atoms with Crippen molar-refractivity contribution in [2.24, 2.45) is 0 Å². The minimum Gasteiger partial charge on any atom is -0.496 e. The predicted molar refractivity (Wildman–Crippen MR) is 87.5 cm³/mol. The minimum atomic E-state index is -0.0142. The molecule has 0 unspecified atom stereocenters. The summed E-state index contributed by atoms with van der Waals surface area (Å²) < 4.78 is 5.90. The van der Waals surface area contributed by atoms with Gasteiger partial charge in [0, 0.05) is 11.5 Å². The lowest BCUT2D eigenvalue weighted by molar-refractivity contribution is 0.101. The first kappa shape index (κ1) is 15.9. The molecule has 0 aliphatic carbocycles. The van der Waals surface area contributed by atoms with Gasteiger partial charge in [0.2, 0.25) is 5.13 Å². The molecule has 0 aliphatic heterocycles. The lowest BCUT2D eigenvalue weighted by Gasteiger charge is -2.06. The third kappa shape index (κ3) is 4.01. The monoisotopic (exact) mass is 369 g/mol. The zero-order valence-electron chi connectivity index (χ0n) is 12.0. The smallest absolute Gasteiger partial charge is 0.206 e. The van der Waals surface area contributed by atoms with Crippen LogP contribution in [0.25, 0.3) is 0 Å². The minimum absolute atomic E-state index is 0.0142. The number of benzene rings is 1. The highest BCUT2D eigenvalue weighted by Gasteiger charge is 2.11. The fourth-order valence-corrected chi connectivity index (χ4v) is 2.92. The Morgan fingerprint density at radius 3 is 2.76 bits per heavy atom. The Morgan fingerprint density at radius 1 is 1.43 bits per heavy atom. The molecule has 1 heterocycles. The predicted octanol–water partition coefficient (Wildman–Crippen LogP) is 3.73. The molecule has 0 fully saturated rings. The molecule has 0 saturated carbocycles. The summed E-state index contributed by atoms with van der Waals surface area (Å²) in [5, 5.41) is 12.7. The summed E-state index contributed by atoms with van der Waals surface area (Å²) in [7, 11) is 1.59. The van der Waals surface area contributed by atoms with Crippen LogP contribution in [0.2, 0.25) is 0 Å². The molecule has 112 valence electrons. The number of nitrogens with one attached hydrogen (secondary N) is 1. The number of ether oxygens (including phenoxy) is 1. The van der Waals surface area contributed by atoms with Crippen molar-refractivity contribution in [2.75, 3.05) is 19.0 Å². The second kappa shape index (κ2) is 7.00. The molecular formula is C14H16BrN3O2S. The van der Waals surface area contributed by atoms with Gasteiger partial charge in [-0.25, -0.2) is 0 Å². The number of Topliss-reactive ketones (excluding diaryl/α,β-unsaturated/α-hetero) is 1. The Hall–Kier alpha value is -1.47. The van der Waals surface area contributed by atoms with E-state index < -0.39 is 0 Å². The summed E-state index contributed by atoms with van der Waals surface area (Å²) in [5.74, 6) is 1.02. The van der Waals surface area contributed by atoms with Gasteiger partial charge >= 0.3 is 0 Å². The van der Waals surface area contributed by atoms with Crippen molar-refractivity contribution in [3.8, 4) is 5.75 Å². The van der Waals surface area contributed by atoms with Gasteiger partial charge in [0.25, 0.3) is 0 Å². The number of hydrogen-bond acceptors (Lipinski definition) is 6. The molecule has 0 saturated heterocycles. The summed E-state index contributed by atoms with van der Waals surface area (Å²) in [4.78, 5) is 12.1. The van der Waals surface area contributed by atoms with Crippen LogP contribution < -0.4 is 10.1 Å². The van der Waals surface area contributed by atoms with Crippen molar-refractivity contribution in [2.45, 2.75) is 19.8 Å². The highest BCUT2D eigenvalue weighted by Crippen LogP contribution is 2.26. The molecule has 2 aromatic rings. The Balaban J connectivity index is 1.99. The number of rotatable bonds is 6. The van der Waals surface area contributed by atoms with Gasteiger partial charge < -0.3 is 10.1 Å². The number of anilines is 1. The van der Waals surface area contributed by atoms with Crippen LogP contribution in [0.3, 0.4) is 0 Å². The average Bonchev–Trinajstić information content (AvgIpc) is 2.93. The van der Waals surface area contributed by atoms with Gasteiger partial charge in [-0.05, 0) is 34.1 Å². The summed E-state index contributed by atoms with van der Waals surface area (Å²) in [6.07, 6.45) is 0. The van der Waals surface area contributed by atoms with Gasteiger partial charge in [0.15, 0.2) is 5.78 Å². The third-order valence-corrected chi connectivity index (χ3v) is 4.61. The molecule has 0 aliphatic rings. The van der Waals surface area contributed by atoms with Crippen LogP contribution in [0.15, 0.2) is 22.7 Å². The highest BCUT2D eigenvalue weighted by molar-refractivity contribution is 9.10. The molecule has 5 nitrogen and oxygen atoms in total. The van der Waals surface area contributed by atoms with E-state index in [9.17, 15) is 4.79 Å². The molecule has 0 radical (unpaired) electrons. The Morgan fingerprint density at radius 2 is 2.19 bits per heavy atom. The first-order valence-electron chi connectivity index (χ1n) is 6.45. The number of nitrogens with zero attached hydrogens (tertiary/aromatic N) is 2. The lowest BCUT2D eigenvalue weighted by Crippen LogP contribution is -2.13. The van der Waals surface area contributed by atoms with Crippen molar-refractivity contribution >= 4 is 38.2 Å². The van der Waals surface area contributed by atoms with Crippen molar-refractivity contribution in [1.29, 1.82) is 0 Å². The number of methoxy groups -OCH3 is 1. The van der Waals surface area contributed by atoms with Gasteiger partial charge in [-0.15, -0.1) is 10.2 Å². The van der Waals surface area contributed by atoms with Gasteiger partial charge in [0.05, 0.1) is 18.1 Å². The van der Waals surface area contributed by atoms with E-state index in [1.807, 2.05) is 0 Å². The van der Waals surface area contributed by atoms with E-state index in [0.717, 1.165) is 9.48 Å². The van der Waals surface area contributed by atoms with Gasteiger partial charge in [-0.2, -0.15) is 0 Å². The number of carbonyl (C=O) groups excluding carboxylic acids is 1. The second-order valence-corrected chi connectivity index (χ2v) is 6.59. The molecule has 1 aromatic carbocycles. The number of hydrogen-bond donors (Lipinski definition) is 1. The number of carbonyl (C=O) groups is 1.